The van der Waals surface area contributed by atoms with E-state index in [0.29, 0.717) is 11.3 Å². The predicted molar refractivity (Wildman–Crippen MR) is 118 cm³/mol. The second-order valence-electron chi connectivity index (χ2n) is 8.21. The smallest absolute Gasteiger partial charge is 0.222 e. The first-order valence-electron chi connectivity index (χ1n) is 10.7. The zero-order chi connectivity index (χ0) is 21.3. The van der Waals surface area contributed by atoms with E-state index in [1.807, 2.05) is 36.2 Å². The van der Waals surface area contributed by atoms with Crippen molar-refractivity contribution >= 4 is 21.3 Å². The quantitative estimate of drug-likeness (QED) is 0.751. The molecule has 5 nitrogen and oxygen atoms in total. The number of nitrogens with zero attached hydrogens (tertiary/aromatic N) is 2. The molecule has 2 aliphatic rings. The summed E-state index contributed by atoms with van der Waals surface area (Å²) in [5.74, 6) is 0.235. The van der Waals surface area contributed by atoms with Crippen molar-refractivity contribution in [3.63, 3.8) is 0 Å². The lowest BCUT2D eigenvalue weighted by molar-refractivity contribution is -0.131. The van der Waals surface area contributed by atoms with Crippen LogP contribution in [0.2, 0.25) is 0 Å². The van der Waals surface area contributed by atoms with Crippen LogP contribution in [0.5, 0.6) is 0 Å². The van der Waals surface area contributed by atoms with E-state index >= 15 is 0 Å². The molecule has 0 unspecified atom stereocenters. The van der Waals surface area contributed by atoms with Crippen LogP contribution in [-0.4, -0.2) is 43.6 Å². The molecule has 0 saturated carbocycles. The molecule has 6 heteroatoms. The molecule has 0 bridgehead atoms. The number of fused-ring (bicyclic) bond motifs is 2. The van der Waals surface area contributed by atoms with Gasteiger partial charge in [-0.25, -0.2) is 8.42 Å². The third-order valence-electron chi connectivity index (χ3n) is 6.10. The highest BCUT2D eigenvalue weighted by Gasteiger charge is 2.26. The molecule has 1 aromatic carbocycles. The number of hydrogen-bond donors (Lipinski definition) is 0. The normalized spacial score (nSPS) is 16.7. The number of carbonyl (C=O) groups excluding carboxylic acids is 1. The second-order valence-corrected chi connectivity index (χ2v) is 10.2. The Bertz CT molecular complexity index is 1110. The van der Waals surface area contributed by atoms with Gasteiger partial charge in [-0.05, 0) is 67.0 Å². The van der Waals surface area contributed by atoms with Gasteiger partial charge in [-0.2, -0.15) is 0 Å². The van der Waals surface area contributed by atoms with E-state index in [-0.39, 0.29) is 5.91 Å². The lowest BCUT2D eigenvalue weighted by Gasteiger charge is -2.30. The Morgan fingerprint density at radius 2 is 1.80 bits per heavy atom. The number of rotatable bonds is 3. The van der Waals surface area contributed by atoms with E-state index in [2.05, 4.69) is 6.07 Å². The van der Waals surface area contributed by atoms with E-state index in [1.165, 1.54) is 17.4 Å². The minimum Gasteiger partial charge on any atom is -0.342 e. The van der Waals surface area contributed by atoms with Crippen LogP contribution in [0.1, 0.15) is 55.0 Å². The topological polar surface area (TPSA) is 67.3 Å². The summed E-state index contributed by atoms with van der Waals surface area (Å²) < 4.78 is 24.2. The van der Waals surface area contributed by atoms with Crippen LogP contribution in [-0.2, 0) is 27.5 Å². The van der Waals surface area contributed by atoms with Crippen molar-refractivity contribution in [3.8, 4) is 0 Å². The lowest BCUT2D eigenvalue weighted by Crippen LogP contribution is -2.36. The second kappa shape index (κ2) is 8.34. The summed E-state index contributed by atoms with van der Waals surface area (Å²) >= 11 is 0. The zero-order valence-corrected chi connectivity index (χ0v) is 18.5. The largest absolute Gasteiger partial charge is 0.342 e. The Hall–Kier alpha value is -2.47. The van der Waals surface area contributed by atoms with Crippen LogP contribution in [0.25, 0.3) is 5.57 Å². The molecule has 2 aromatic rings. The maximum atomic E-state index is 12.3. The highest BCUT2D eigenvalue weighted by atomic mass is 32.2. The van der Waals surface area contributed by atoms with Crippen LogP contribution in [0, 0.1) is 0 Å². The summed E-state index contributed by atoms with van der Waals surface area (Å²) in [6, 6.07) is 9.57. The van der Waals surface area contributed by atoms with E-state index < -0.39 is 9.84 Å². The number of carbonyl (C=O) groups is 1. The van der Waals surface area contributed by atoms with Crippen molar-refractivity contribution in [1.82, 2.24) is 9.88 Å². The molecule has 0 spiro atoms. The van der Waals surface area contributed by atoms with Gasteiger partial charge in [0.05, 0.1) is 10.6 Å². The Kier molecular flexibility index (Phi) is 5.78. The molecule has 1 aliphatic carbocycles. The fraction of sp³-hybridized carbons (Fsp3) is 0.417. The maximum Gasteiger partial charge on any atom is 0.222 e. The highest BCUT2D eigenvalue weighted by Crippen LogP contribution is 2.38. The van der Waals surface area contributed by atoms with Gasteiger partial charge >= 0.3 is 0 Å². The first kappa shape index (κ1) is 20.8. The highest BCUT2D eigenvalue weighted by molar-refractivity contribution is 7.90. The Morgan fingerprint density at radius 3 is 2.50 bits per heavy atom. The average Bonchev–Trinajstić information content (AvgIpc) is 2.90. The SMILES string of the molecule is CCCC(=O)N1CCC(=C2c3ccc(S(C)(=O)=O)cc3CCc3cccnc32)CC1. The Labute approximate surface area is 178 Å². The number of piperidine rings is 1. The monoisotopic (exact) mass is 424 g/mol. The number of benzene rings is 1. The summed E-state index contributed by atoms with van der Waals surface area (Å²) in [4.78, 5) is 19.4. The van der Waals surface area contributed by atoms with Gasteiger partial charge in [0.1, 0.15) is 0 Å². The molecule has 0 radical (unpaired) electrons. The molecule has 0 atom stereocenters. The number of pyridine rings is 1. The molecular formula is C24H28N2O3S. The maximum absolute atomic E-state index is 12.3. The molecule has 1 saturated heterocycles. The van der Waals surface area contributed by atoms with Crippen LogP contribution in [0.4, 0.5) is 0 Å². The third-order valence-corrected chi connectivity index (χ3v) is 7.21. The zero-order valence-electron chi connectivity index (χ0n) is 17.6. The number of aryl methyl sites for hydroxylation is 2. The van der Waals surface area contributed by atoms with E-state index in [1.54, 1.807) is 6.07 Å². The van der Waals surface area contributed by atoms with Gasteiger partial charge in [0, 0.05) is 37.5 Å². The fourth-order valence-electron chi connectivity index (χ4n) is 4.52. The first-order chi connectivity index (χ1) is 14.4. The van der Waals surface area contributed by atoms with Crippen LogP contribution in [0.15, 0.2) is 47.0 Å². The Balaban J connectivity index is 1.79. The number of hydrogen-bond acceptors (Lipinski definition) is 4. The number of likely N-dealkylation sites (tertiary alicyclic amines) is 1. The van der Waals surface area contributed by atoms with Gasteiger partial charge in [0.2, 0.25) is 5.91 Å². The number of aromatic nitrogens is 1. The molecule has 1 amide bonds. The molecule has 4 rings (SSSR count). The third kappa shape index (κ3) is 4.06. The molecule has 0 N–H and O–H groups in total. The first-order valence-corrected chi connectivity index (χ1v) is 12.5. The average molecular weight is 425 g/mol. The van der Waals surface area contributed by atoms with Crippen molar-refractivity contribution < 1.29 is 13.2 Å². The van der Waals surface area contributed by atoms with Gasteiger partial charge in [-0.3, -0.25) is 9.78 Å². The summed E-state index contributed by atoms with van der Waals surface area (Å²) in [5.41, 5.74) is 6.80. The van der Waals surface area contributed by atoms with Gasteiger partial charge in [-0.15, -0.1) is 0 Å². The van der Waals surface area contributed by atoms with Gasteiger partial charge in [0.15, 0.2) is 9.84 Å². The van der Waals surface area contributed by atoms with Crippen molar-refractivity contribution in [3.05, 3.63) is 64.5 Å². The number of amides is 1. The van der Waals surface area contributed by atoms with E-state index in [4.69, 9.17) is 4.98 Å². The molecule has 1 aliphatic heterocycles. The van der Waals surface area contributed by atoms with Gasteiger partial charge < -0.3 is 4.90 Å². The number of sulfone groups is 1. The van der Waals surface area contributed by atoms with E-state index in [0.717, 1.165) is 67.6 Å². The summed E-state index contributed by atoms with van der Waals surface area (Å²) in [6.07, 6.45) is 7.84. The predicted octanol–water partition coefficient (Wildman–Crippen LogP) is 3.81. The fourth-order valence-corrected chi connectivity index (χ4v) is 5.19. The molecule has 1 fully saturated rings. The summed E-state index contributed by atoms with van der Waals surface area (Å²) in [5, 5.41) is 0. The van der Waals surface area contributed by atoms with E-state index in [9.17, 15) is 13.2 Å². The molecule has 30 heavy (non-hydrogen) atoms. The van der Waals surface area contributed by atoms with Crippen molar-refractivity contribution in [2.24, 2.45) is 0 Å². The molecular weight excluding hydrogens is 396 g/mol. The van der Waals surface area contributed by atoms with Gasteiger partial charge in [0.25, 0.3) is 0 Å². The lowest BCUT2D eigenvalue weighted by atomic mass is 9.88. The Morgan fingerprint density at radius 1 is 1.07 bits per heavy atom. The molecule has 158 valence electrons. The minimum atomic E-state index is -3.26. The van der Waals surface area contributed by atoms with Crippen LogP contribution >= 0.6 is 0 Å². The molecule has 1 aromatic heterocycles. The van der Waals surface area contributed by atoms with Crippen LogP contribution in [0.3, 0.4) is 0 Å². The minimum absolute atomic E-state index is 0.235. The summed E-state index contributed by atoms with van der Waals surface area (Å²) in [7, 11) is -3.26. The van der Waals surface area contributed by atoms with Crippen molar-refractivity contribution in [2.45, 2.75) is 50.3 Å². The van der Waals surface area contributed by atoms with Gasteiger partial charge in [-0.1, -0.05) is 24.6 Å². The molecule has 2 heterocycles. The van der Waals surface area contributed by atoms with Crippen molar-refractivity contribution in [2.75, 3.05) is 19.3 Å². The standard InChI is InChI=1S/C24H28N2O3S/c1-3-5-22(27)26-14-11-17(12-15-26)23-21-10-9-20(30(2,28)29)16-19(21)8-7-18-6-4-13-25-24(18)23/h4,6,9-10,13,16H,3,5,7-8,11-12,14-15H2,1-2H3. The van der Waals surface area contributed by atoms with Crippen molar-refractivity contribution in [1.29, 1.82) is 0 Å². The summed E-state index contributed by atoms with van der Waals surface area (Å²) in [6.45, 7) is 3.50. The van der Waals surface area contributed by atoms with Crippen LogP contribution < -0.4 is 0 Å².